The van der Waals surface area contributed by atoms with Crippen molar-refractivity contribution in [2.45, 2.75) is 13.0 Å². The number of hydrogen-bond donors (Lipinski definition) is 1. The number of nitrogens with one attached hydrogen (secondary N) is 1. The van der Waals surface area contributed by atoms with Crippen LogP contribution in [0.3, 0.4) is 0 Å². The molecule has 16 heavy (non-hydrogen) atoms. The minimum atomic E-state index is 0.162. The number of halogens is 1. The first kappa shape index (κ1) is 11.8. The van der Waals surface area contributed by atoms with Gasteiger partial charge in [-0.1, -0.05) is 0 Å². The number of rotatable bonds is 3. The third kappa shape index (κ3) is 2.07. The van der Waals surface area contributed by atoms with Crippen molar-refractivity contribution in [1.29, 1.82) is 0 Å². The fourth-order valence-electron chi connectivity index (χ4n) is 1.68. The Morgan fingerprint density at radius 2 is 2.31 bits per heavy atom. The molecular weight excluding hydrogens is 286 g/mol. The maximum atomic E-state index is 4.39. The molecule has 86 valence electrons. The Kier molecular flexibility index (Phi) is 3.47. The summed E-state index contributed by atoms with van der Waals surface area (Å²) in [4.78, 5) is 5.67. The number of nitrogens with zero attached hydrogens (tertiary/aromatic N) is 2. The van der Waals surface area contributed by atoms with E-state index in [9.17, 15) is 0 Å². The van der Waals surface area contributed by atoms with Gasteiger partial charge in [-0.05, 0) is 41.5 Å². The van der Waals surface area contributed by atoms with Crippen LogP contribution in [0.15, 0.2) is 22.2 Å². The molecule has 2 heterocycles. The lowest BCUT2D eigenvalue weighted by Gasteiger charge is -2.13. The average Bonchev–Trinajstić information content (AvgIpc) is 2.78. The van der Waals surface area contributed by atoms with Crippen molar-refractivity contribution in [3.05, 3.63) is 38.5 Å². The lowest BCUT2D eigenvalue weighted by Crippen LogP contribution is -2.20. The van der Waals surface area contributed by atoms with E-state index in [0.717, 1.165) is 5.82 Å². The molecule has 0 aliphatic carbocycles. The van der Waals surface area contributed by atoms with Gasteiger partial charge in [-0.2, -0.15) is 0 Å². The first-order valence-electron chi connectivity index (χ1n) is 5.03. The Hall–Kier alpha value is -0.650. The molecule has 0 amide bonds. The number of thiophene rings is 1. The van der Waals surface area contributed by atoms with Gasteiger partial charge in [0, 0.05) is 24.3 Å². The lowest BCUT2D eigenvalue weighted by molar-refractivity contribution is 0.626. The van der Waals surface area contributed by atoms with Crippen LogP contribution in [0.1, 0.15) is 22.3 Å². The van der Waals surface area contributed by atoms with Gasteiger partial charge in [-0.3, -0.25) is 0 Å². The van der Waals surface area contributed by atoms with Gasteiger partial charge in [0.1, 0.15) is 11.9 Å². The Labute approximate surface area is 108 Å². The summed E-state index contributed by atoms with van der Waals surface area (Å²) in [7, 11) is 3.98. The van der Waals surface area contributed by atoms with Crippen LogP contribution in [-0.4, -0.2) is 16.6 Å². The topological polar surface area (TPSA) is 29.9 Å². The van der Waals surface area contributed by atoms with E-state index >= 15 is 0 Å². The average molecular weight is 300 g/mol. The van der Waals surface area contributed by atoms with Crippen LogP contribution < -0.4 is 5.32 Å². The van der Waals surface area contributed by atoms with Crippen LogP contribution in [0.2, 0.25) is 0 Å². The molecule has 0 saturated heterocycles. The zero-order chi connectivity index (χ0) is 11.7. The maximum Gasteiger partial charge on any atom is 0.131 e. The van der Waals surface area contributed by atoms with Crippen LogP contribution in [-0.2, 0) is 7.05 Å². The third-order valence-corrected chi connectivity index (χ3v) is 4.77. The molecule has 0 aliphatic heterocycles. The highest BCUT2D eigenvalue weighted by Crippen LogP contribution is 2.33. The van der Waals surface area contributed by atoms with Gasteiger partial charge in [-0.25, -0.2) is 4.98 Å². The first-order chi connectivity index (χ1) is 7.63. The summed E-state index contributed by atoms with van der Waals surface area (Å²) in [6.45, 7) is 2.11. The predicted molar refractivity (Wildman–Crippen MR) is 70.9 cm³/mol. The molecule has 0 bridgehead atoms. The molecule has 3 nitrogen and oxygen atoms in total. The van der Waals surface area contributed by atoms with Crippen LogP contribution in [0.4, 0.5) is 0 Å². The molecule has 0 saturated carbocycles. The maximum absolute atomic E-state index is 4.39. The summed E-state index contributed by atoms with van der Waals surface area (Å²) >= 11 is 5.31. The van der Waals surface area contributed by atoms with Crippen LogP contribution >= 0.6 is 27.3 Å². The third-order valence-electron chi connectivity index (χ3n) is 2.57. The molecule has 1 atom stereocenters. The van der Waals surface area contributed by atoms with Crippen molar-refractivity contribution in [3.63, 3.8) is 0 Å². The van der Waals surface area contributed by atoms with E-state index < -0.39 is 0 Å². The number of aromatic nitrogens is 2. The van der Waals surface area contributed by atoms with E-state index in [2.05, 4.69) is 39.2 Å². The highest BCUT2D eigenvalue weighted by atomic mass is 79.9. The Balaban J connectivity index is 2.40. The molecule has 1 unspecified atom stereocenters. The summed E-state index contributed by atoms with van der Waals surface area (Å²) in [5.74, 6) is 1.04. The van der Waals surface area contributed by atoms with Gasteiger partial charge in [-0.15, -0.1) is 11.3 Å². The highest BCUT2D eigenvalue weighted by molar-refractivity contribution is 9.11. The van der Waals surface area contributed by atoms with E-state index in [4.69, 9.17) is 0 Å². The van der Waals surface area contributed by atoms with E-state index in [0.29, 0.717) is 0 Å². The SMILES string of the molecule is CNC(c1cc(C)c(Br)s1)c1nccn1C. The van der Waals surface area contributed by atoms with Crippen LogP contribution in [0.25, 0.3) is 0 Å². The van der Waals surface area contributed by atoms with Crippen molar-refractivity contribution < 1.29 is 0 Å². The quantitative estimate of drug-likeness (QED) is 0.944. The molecule has 0 aromatic carbocycles. The zero-order valence-corrected chi connectivity index (χ0v) is 11.9. The predicted octanol–water partition coefficient (Wildman–Crippen LogP) is 2.86. The van der Waals surface area contributed by atoms with E-state index in [1.54, 1.807) is 11.3 Å². The highest BCUT2D eigenvalue weighted by Gasteiger charge is 2.18. The fourth-order valence-corrected chi connectivity index (χ4v) is 3.36. The first-order valence-corrected chi connectivity index (χ1v) is 6.64. The van der Waals surface area contributed by atoms with Gasteiger partial charge < -0.3 is 9.88 Å². The van der Waals surface area contributed by atoms with Crippen molar-refractivity contribution >= 4 is 27.3 Å². The molecule has 2 rings (SSSR count). The van der Waals surface area contributed by atoms with Gasteiger partial charge in [0.2, 0.25) is 0 Å². The molecule has 5 heteroatoms. The van der Waals surface area contributed by atoms with Crippen LogP contribution in [0.5, 0.6) is 0 Å². The summed E-state index contributed by atoms with van der Waals surface area (Å²) < 4.78 is 3.24. The van der Waals surface area contributed by atoms with Crippen LogP contribution in [0, 0.1) is 6.92 Å². The minimum Gasteiger partial charge on any atom is -0.336 e. The van der Waals surface area contributed by atoms with Gasteiger partial charge in [0.15, 0.2) is 0 Å². The van der Waals surface area contributed by atoms with Gasteiger partial charge >= 0.3 is 0 Å². The number of aryl methyl sites for hydroxylation is 2. The minimum absolute atomic E-state index is 0.162. The molecule has 0 aliphatic rings. The van der Waals surface area contributed by atoms with Crippen molar-refractivity contribution in [2.24, 2.45) is 7.05 Å². The molecule has 2 aromatic rings. The fraction of sp³-hybridized carbons (Fsp3) is 0.364. The molecule has 0 radical (unpaired) electrons. The van der Waals surface area contributed by atoms with Gasteiger partial charge in [0.25, 0.3) is 0 Å². The monoisotopic (exact) mass is 299 g/mol. The smallest absolute Gasteiger partial charge is 0.131 e. The van der Waals surface area contributed by atoms with Crippen molar-refractivity contribution in [2.75, 3.05) is 7.05 Å². The van der Waals surface area contributed by atoms with E-state index in [1.807, 2.05) is 31.1 Å². The Morgan fingerprint density at radius 3 is 2.75 bits per heavy atom. The number of imidazole rings is 1. The lowest BCUT2D eigenvalue weighted by atomic mass is 10.2. The van der Waals surface area contributed by atoms with E-state index in [-0.39, 0.29) is 6.04 Å². The zero-order valence-electron chi connectivity index (χ0n) is 9.49. The second-order valence-electron chi connectivity index (χ2n) is 3.72. The Bertz CT molecular complexity index is 470. The second-order valence-corrected chi connectivity index (χ2v) is 6.13. The normalized spacial score (nSPS) is 13.0. The molecule has 0 fully saturated rings. The summed E-state index contributed by atoms with van der Waals surface area (Å²) in [6.07, 6.45) is 3.80. The summed E-state index contributed by atoms with van der Waals surface area (Å²) in [5, 5.41) is 3.31. The standard InChI is InChI=1S/C11H14BrN3S/c1-7-6-8(16-10(7)12)9(13-2)11-14-4-5-15(11)3/h4-6,9,13H,1-3H3. The molecule has 2 aromatic heterocycles. The molecule has 0 spiro atoms. The molecular formula is C11H14BrN3S. The Morgan fingerprint density at radius 1 is 1.56 bits per heavy atom. The van der Waals surface area contributed by atoms with Gasteiger partial charge in [0.05, 0.1) is 3.79 Å². The largest absolute Gasteiger partial charge is 0.336 e. The summed E-state index contributed by atoms with van der Waals surface area (Å²) in [6, 6.07) is 2.36. The number of hydrogen-bond acceptors (Lipinski definition) is 3. The summed E-state index contributed by atoms with van der Waals surface area (Å²) in [5.41, 5.74) is 1.27. The molecule has 1 N–H and O–H groups in total. The second kappa shape index (κ2) is 4.69. The van der Waals surface area contributed by atoms with Crippen molar-refractivity contribution in [1.82, 2.24) is 14.9 Å². The van der Waals surface area contributed by atoms with E-state index in [1.165, 1.54) is 14.2 Å². The van der Waals surface area contributed by atoms with Crippen molar-refractivity contribution in [3.8, 4) is 0 Å².